The van der Waals surface area contributed by atoms with Gasteiger partial charge in [-0.2, -0.15) is 0 Å². The van der Waals surface area contributed by atoms with Crippen molar-refractivity contribution in [3.8, 4) is 0 Å². The van der Waals surface area contributed by atoms with Crippen molar-refractivity contribution < 1.29 is 22.8 Å². The van der Waals surface area contributed by atoms with E-state index in [-0.39, 0.29) is 46.1 Å². The van der Waals surface area contributed by atoms with Crippen molar-refractivity contribution in [3.63, 3.8) is 0 Å². The van der Waals surface area contributed by atoms with Crippen LogP contribution in [0.1, 0.15) is 71.5 Å². The highest BCUT2D eigenvalue weighted by Gasteiger charge is 2.24. The number of halogens is 1. The number of sulfonamides is 1. The number of benzene rings is 3. The lowest BCUT2D eigenvalue weighted by Crippen LogP contribution is -2.49. The van der Waals surface area contributed by atoms with Crippen LogP contribution in [0, 0.1) is 5.92 Å². The van der Waals surface area contributed by atoms with Gasteiger partial charge in [-0.3, -0.25) is 18.7 Å². The number of rotatable bonds is 16. The Kier molecular flexibility index (Phi) is 14.2. The van der Waals surface area contributed by atoms with Crippen LogP contribution in [0.5, 0.6) is 0 Å². The Morgan fingerprint density at radius 2 is 1.60 bits per heavy atom. The molecule has 0 fully saturated rings. The molecule has 278 valence electrons. The molecule has 0 aliphatic heterocycles. The maximum absolute atomic E-state index is 14.0. The predicted molar refractivity (Wildman–Crippen MR) is 212 cm³/mol. The van der Waals surface area contributed by atoms with Gasteiger partial charge in [0, 0.05) is 47.8 Å². The van der Waals surface area contributed by atoms with Crippen LogP contribution < -0.4 is 31.3 Å². The highest BCUT2D eigenvalue weighted by atomic mass is 79.9. The van der Waals surface area contributed by atoms with Crippen molar-refractivity contribution in [2.45, 2.75) is 63.1 Å². The summed E-state index contributed by atoms with van der Waals surface area (Å²) in [5.74, 6) is -0.893. The first-order chi connectivity index (χ1) is 24.6. The SMILES string of the molecule is CC[C@H](NC[C@H](CC1=CC(C)C(Br)C=C1)NC(=O)c1cc(C(=O)N[C@H](C)c2ccccc2)cc(N(C)S(C)(=O)=O)c1)C(=O)NCc1ccc(N)cc1. The van der Waals surface area contributed by atoms with Gasteiger partial charge in [0.15, 0.2) is 0 Å². The van der Waals surface area contributed by atoms with Crippen LogP contribution in [0.3, 0.4) is 0 Å². The summed E-state index contributed by atoms with van der Waals surface area (Å²) in [6.45, 7) is 6.47. The number of nitrogens with two attached hydrogens (primary N) is 1. The summed E-state index contributed by atoms with van der Waals surface area (Å²) in [6.07, 6.45) is 8.27. The second-order valence-electron chi connectivity index (χ2n) is 13.2. The van der Waals surface area contributed by atoms with E-state index in [9.17, 15) is 22.8 Å². The third-order valence-corrected chi connectivity index (χ3v) is 11.4. The molecule has 5 atom stereocenters. The zero-order valence-electron chi connectivity index (χ0n) is 30.2. The van der Waals surface area contributed by atoms with Crippen LogP contribution in [0.15, 0.2) is 96.6 Å². The number of nitrogens with zero attached hydrogens (tertiary/aromatic N) is 1. The summed E-state index contributed by atoms with van der Waals surface area (Å²) in [5, 5.41) is 12.4. The van der Waals surface area contributed by atoms with Gasteiger partial charge >= 0.3 is 0 Å². The first kappa shape index (κ1) is 40.3. The van der Waals surface area contributed by atoms with Crippen molar-refractivity contribution >= 4 is 55.0 Å². The lowest BCUT2D eigenvalue weighted by Gasteiger charge is -2.26. The number of hydrogen-bond donors (Lipinski definition) is 5. The minimum absolute atomic E-state index is 0.117. The van der Waals surface area contributed by atoms with Crippen molar-refractivity contribution in [1.82, 2.24) is 21.3 Å². The van der Waals surface area contributed by atoms with E-state index in [4.69, 9.17) is 5.73 Å². The number of allylic oxidation sites excluding steroid dienone is 3. The fourth-order valence-electron chi connectivity index (χ4n) is 5.75. The molecule has 0 radical (unpaired) electrons. The summed E-state index contributed by atoms with van der Waals surface area (Å²) < 4.78 is 26.1. The van der Waals surface area contributed by atoms with E-state index in [1.165, 1.54) is 25.2 Å². The highest BCUT2D eigenvalue weighted by molar-refractivity contribution is 9.09. The average molecular weight is 794 g/mol. The Morgan fingerprint density at radius 1 is 0.962 bits per heavy atom. The molecule has 0 heterocycles. The van der Waals surface area contributed by atoms with Crippen LogP contribution in [0.25, 0.3) is 0 Å². The Bertz CT molecular complexity index is 1880. The lowest BCUT2D eigenvalue weighted by molar-refractivity contribution is -0.123. The second-order valence-corrected chi connectivity index (χ2v) is 16.3. The number of amides is 3. The van der Waals surface area contributed by atoms with Gasteiger partial charge in [0.05, 0.1) is 24.0 Å². The number of carbonyl (C=O) groups excluding carboxylic acids is 3. The van der Waals surface area contributed by atoms with Crippen molar-refractivity contribution in [2.75, 3.05) is 29.9 Å². The zero-order valence-corrected chi connectivity index (χ0v) is 32.6. The number of nitrogen functional groups attached to an aromatic ring is 1. The first-order valence-corrected chi connectivity index (χ1v) is 20.0. The monoisotopic (exact) mass is 792 g/mol. The van der Waals surface area contributed by atoms with E-state index in [0.29, 0.717) is 25.1 Å². The Morgan fingerprint density at radius 3 is 2.19 bits per heavy atom. The molecule has 0 saturated carbocycles. The van der Waals surface area contributed by atoms with Crippen LogP contribution in [-0.4, -0.2) is 62.9 Å². The standard InChI is InChI=1S/C39H49BrN6O5S/c1-6-36(39(49)43-23-27-12-15-32(41)16-13-27)42-24-33(19-28-14-17-35(40)25(2)18-28)45-38(48)31-20-30(21-34(22-31)46(4)52(5,50)51)37(47)44-26(3)29-10-8-7-9-11-29/h7-18,20-22,25-26,33,35-36,42H,6,19,23-24,41H2,1-5H3,(H,43,49)(H,44,47)(H,45,48)/t25?,26-,33+,35?,36+/m1/s1. The first-order valence-electron chi connectivity index (χ1n) is 17.3. The minimum atomic E-state index is -3.72. The van der Waals surface area contributed by atoms with E-state index in [1.54, 1.807) is 12.1 Å². The van der Waals surface area contributed by atoms with Crippen LogP contribution in [0.2, 0.25) is 0 Å². The molecule has 1 aliphatic rings. The van der Waals surface area contributed by atoms with Crippen LogP contribution in [0.4, 0.5) is 11.4 Å². The minimum Gasteiger partial charge on any atom is -0.399 e. The summed E-state index contributed by atoms with van der Waals surface area (Å²) >= 11 is 3.66. The molecule has 4 rings (SSSR count). The number of carbonyl (C=O) groups is 3. The summed E-state index contributed by atoms with van der Waals surface area (Å²) in [6, 6.07) is 19.8. The number of nitrogens with one attached hydrogen (secondary N) is 4. The van der Waals surface area contributed by atoms with Crippen LogP contribution in [-0.2, 0) is 21.4 Å². The smallest absolute Gasteiger partial charge is 0.251 e. The normalized spacial score (nSPS) is 17.3. The maximum Gasteiger partial charge on any atom is 0.251 e. The molecule has 0 spiro atoms. The molecule has 3 aromatic rings. The Hall–Kier alpha value is -4.46. The van der Waals surface area contributed by atoms with Gasteiger partial charge in [-0.05, 0) is 72.7 Å². The summed E-state index contributed by atoms with van der Waals surface area (Å²) in [4.78, 5) is 40.9. The quantitative estimate of drug-likeness (QED) is 0.0981. The van der Waals surface area contributed by atoms with Crippen molar-refractivity contribution in [3.05, 3.63) is 119 Å². The number of anilines is 2. The van der Waals surface area contributed by atoms with Crippen LogP contribution >= 0.6 is 15.9 Å². The Balaban J connectivity index is 1.57. The topological polar surface area (TPSA) is 163 Å². The van der Waals surface area contributed by atoms with Crippen molar-refractivity contribution in [1.29, 1.82) is 0 Å². The van der Waals surface area contributed by atoms with Gasteiger partial charge in [0.25, 0.3) is 11.8 Å². The molecular formula is C39H49BrN6O5S. The van der Waals surface area contributed by atoms with Gasteiger partial charge < -0.3 is 27.0 Å². The van der Waals surface area contributed by atoms with Gasteiger partial charge in [0.2, 0.25) is 15.9 Å². The van der Waals surface area contributed by atoms with E-state index in [2.05, 4.69) is 56.3 Å². The summed E-state index contributed by atoms with van der Waals surface area (Å²) in [7, 11) is -2.34. The zero-order chi connectivity index (χ0) is 38.0. The van der Waals surface area contributed by atoms with Gasteiger partial charge in [-0.15, -0.1) is 0 Å². The fourth-order valence-corrected chi connectivity index (χ4v) is 6.54. The Labute approximate surface area is 315 Å². The van der Waals surface area contributed by atoms with E-state index < -0.39 is 33.9 Å². The van der Waals surface area contributed by atoms with Crippen molar-refractivity contribution in [2.24, 2.45) is 5.92 Å². The summed E-state index contributed by atoms with van der Waals surface area (Å²) in [5.41, 5.74) is 9.69. The molecule has 0 bridgehead atoms. The molecular weight excluding hydrogens is 744 g/mol. The molecule has 0 aromatic heterocycles. The molecule has 0 saturated heterocycles. The van der Waals surface area contributed by atoms with E-state index in [0.717, 1.165) is 27.3 Å². The van der Waals surface area contributed by atoms with Gasteiger partial charge in [-0.1, -0.05) is 90.5 Å². The largest absolute Gasteiger partial charge is 0.399 e. The maximum atomic E-state index is 14.0. The molecule has 52 heavy (non-hydrogen) atoms. The predicted octanol–water partition coefficient (Wildman–Crippen LogP) is 5.22. The van der Waals surface area contributed by atoms with E-state index in [1.807, 2.05) is 62.4 Å². The molecule has 13 heteroatoms. The second kappa shape index (κ2) is 18.3. The third-order valence-electron chi connectivity index (χ3n) is 9.02. The third kappa shape index (κ3) is 11.5. The number of alkyl halides is 1. The van der Waals surface area contributed by atoms with Gasteiger partial charge in [0.1, 0.15) is 0 Å². The van der Waals surface area contributed by atoms with E-state index >= 15 is 0 Å². The molecule has 6 N–H and O–H groups in total. The van der Waals surface area contributed by atoms with Gasteiger partial charge in [-0.25, -0.2) is 8.42 Å². The number of hydrogen-bond acceptors (Lipinski definition) is 7. The average Bonchev–Trinajstić information content (AvgIpc) is 3.12. The molecule has 2 unspecified atom stereocenters. The molecule has 3 amide bonds. The molecule has 1 aliphatic carbocycles. The molecule has 3 aromatic carbocycles. The lowest BCUT2D eigenvalue weighted by atomic mass is 9.93. The molecule has 11 nitrogen and oxygen atoms in total. The highest BCUT2D eigenvalue weighted by Crippen LogP contribution is 2.26. The fraction of sp³-hybridized carbons (Fsp3) is 0.359.